The number of nitrogens with zero attached hydrogens (tertiary/aromatic N) is 7. The van der Waals surface area contributed by atoms with Crippen LogP contribution in [0.15, 0.2) is 59.7 Å². The second-order valence-electron chi connectivity index (χ2n) is 8.84. The lowest BCUT2D eigenvalue weighted by Gasteiger charge is -2.35. The number of hydrogen-bond donors (Lipinski definition) is 1. The molecule has 0 saturated carbocycles. The monoisotopic (exact) mass is 544 g/mol. The van der Waals surface area contributed by atoms with Crippen molar-refractivity contribution in [2.45, 2.75) is 0 Å². The van der Waals surface area contributed by atoms with Crippen LogP contribution < -0.4 is 29.3 Å². The van der Waals surface area contributed by atoms with Gasteiger partial charge in [-0.2, -0.15) is 21.3 Å². The minimum atomic E-state index is 0.520. The van der Waals surface area contributed by atoms with Gasteiger partial charge in [-0.1, -0.05) is 6.07 Å². The number of rotatable bonds is 8. The molecule has 0 atom stereocenters. The van der Waals surface area contributed by atoms with Crippen molar-refractivity contribution in [3.05, 3.63) is 59.7 Å². The number of thiophene rings is 1. The van der Waals surface area contributed by atoms with E-state index >= 15 is 0 Å². The van der Waals surface area contributed by atoms with E-state index in [-0.39, 0.29) is 0 Å². The molecule has 5 aromatic rings. The molecule has 5 heterocycles. The molecule has 0 spiro atoms. The van der Waals surface area contributed by atoms with Gasteiger partial charge in [-0.15, -0.1) is 0 Å². The van der Waals surface area contributed by atoms with Crippen LogP contribution in [0.4, 0.5) is 23.3 Å². The third-order valence-corrected chi connectivity index (χ3v) is 7.30. The van der Waals surface area contributed by atoms with Crippen LogP contribution in [0.1, 0.15) is 0 Å². The van der Waals surface area contributed by atoms with Crippen molar-refractivity contribution in [2.75, 3.05) is 62.6 Å². The summed E-state index contributed by atoms with van der Waals surface area (Å²) in [6, 6.07) is 11.7. The Hall–Kier alpha value is -4.58. The highest BCUT2D eigenvalue weighted by molar-refractivity contribution is 7.08. The summed E-state index contributed by atoms with van der Waals surface area (Å²) in [6.45, 7) is 3.16. The summed E-state index contributed by atoms with van der Waals surface area (Å²) in [6.07, 6.45) is 3.61. The number of fused-ring (bicyclic) bond motifs is 1. The van der Waals surface area contributed by atoms with Gasteiger partial charge in [0, 0.05) is 55.6 Å². The SMILES string of the molecule is COc1cc(Nc2nc(N3CCN(c4ccccn4)CC3)nc3c2ncn3-c2ccsc2)cc(OC)c1OC. The van der Waals surface area contributed by atoms with Gasteiger partial charge in [0.05, 0.1) is 27.0 Å². The van der Waals surface area contributed by atoms with E-state index in [0.717, 1.165) is 49.0 Å². The molecule has 0 aliphatic carbocycles. The summed E-state index contributed by atoms with van der Waals surface area (Å²) in [5.74, 6) is 3.81. The number of pyridine rings is 1. The molecule has 1 aromatic carbocycles. The van der Waals surface area contributed by atoms with Crippen LogP contribution in [0.2, 0.25) is 0 Å². The number of benzene rings is 1. The van der Waals surface area contributed by atoms with Crippen molar-refractivity contribution >= 4 is 45.8 Å². The Bertz CT molecular complexity index is 1540. The Morgan fingerprint density at radius 1 is 0.872 bits per heavy atom. The minimum absolute atomic E-state index is 0.520. The lowest BCUT2D eigenvalue weighted by molar-refractivity contribution is 0.324. The van der Waals surface area contributed by atoms with Gasteiger partial charge in [-0.3, -0.25) is 4.57 Å². The number of nitrogens with one attached hydrogen (secondary N) is 1. The highest BCUT2D eigenvalue weighted by atomic mass is 32.1. The zero-order chi connectivity index (χ0) is 26.8. The van der Waals surface area contributed by atoms with Crippen LogP contribution >= 0.6 is 11.3 Å². The molecule has 12 heteroatoms. The standard InChI is InChI=1S/C27H28N8O3S/c1-36-20-14-18(15-21(37-2)24(20)38-3)30-25-23-26(35(17-29-23)19-7-13-39-16-19)32-27(31-25)34-11-9-33(10-12-34)22-6-4-5-8-28-22/h4-8,13-17H,9-12H2,1-3H3,(H,30,31,32). The first-order valence-electron chi connectivity index (χ1n) is 12.4. The third-order valence-electron chi connectivity index (χ3n) is 6.63. The Balaban J connectivity index is 1.38. The van der Waals surface area contributed by atoms with Crippen LogP contribution in [-0.2, 0) is 0 Å². The smallest absolute Gasteiger partial charge is 0.229 e. The Morgan fingerprint density at radius 3 is 2.28 bits per heavy atom. The fourth-order valence-corrected chi connectivity index (χ4v) is 5.29. The number of anilines is 4. The number of methoxy groups -OCH3 is 3. The quantitative estimate of drug-likeness (QED) is 0.303. The second kappa shape index (κ2) is 10.7. The van der Waals surface area contributed by atoms with Crippen molar-refractivity contribution < 1.29 is 14.2 Å². The Kier molecular flexibility index (Phi) is 6.76. The number of hydrogen-bond acceptors (Lipinski definition) is 11. The Labute approximate surface area is 229 Å². The molecule has 11 nitrogen and oxygen atoms in total. The molecular weight excluding hydrogens is 516 g/mol. The van der Waals surface area contributed by atoms with Gasteiger partial charge >= 0.3 is 0 Å². The van der Waals surface area contributed by atoms with Gasteiger partial charge in [0.1, 0.15) is 12.1 Å². The molecule has 39 heavy (non-hydrogen) atoms. The lowest BCUT2D eigenvalue weighted by Crippen LogP contribution is -2.47. The van der Waals surface area contributed by atoms with Crippen LogP contribution in [0, 0.1) is 0 Å². The van der Waals surface area contributed by atoms with Crippen molar-refractivity contribution in [3.8, 4) is 22.9 Å². The fraction of sp³-hybridized carbons (Fsp3) is 0.259. The van der Waals surface area contributed by atoms with E-state index < -0.39 is 0 Å². The summed E-state index contributed by atoms with van der Waals surface area (Å²) in [5, 5.41) is 7.54. The highest BCUT2D eigenvalue weighted by Crippen LogP contribution is 2.41. The predicted octanol–water partition coefficient (Wildman–Crippen LogP) is 4.37. The maximum absolute atomic E-state index is 5.55. The first-order valence-corrected chi connectivity index (χ1v) is 13.4. The molecule has 0 unspecified atom stereocenters. The summed E-state index contributed by atoms with van der Waals surface area (Å²) in [5.41, 5.74) is 3.11. The molecule has 1 aliphatic heterocycles. The predicted molar refractivity (Wildman–Crippen MR) is 153 cm³/mol. The summed E-state index contributed by atoms with van der Waals surface area (Å²) >= 11 is 1.63. The molecule has 200 valence electrons. The summed E-state index contributed by atoms with van der Waals surface area (Å²) in [7, 11) is 4.77. The van der Waals surface area contributed by atoms with Crippen LogP contribution in [0.25, 0.3) is 16.9 Å². The molecule has 1 N–H and O–H groups in total. The van der Waals surface area contributed by atoms with Crippen LogP contribution in [-0.4, -0.2) is 72.0 Å². The van der Waals surface area contributed by atoms with Gasteiger partial charge in [-0.25, -0.2) is 9.97 Å². The van der Waals surface area contributed by atoms with Gasteiger partial charge < -0.3 is 29.3 Å². The van der Waals surface area contributed by atoms with E-state index in [1.54, 1.807) is 39.0 Å². The van der Waals surface area contributed by atoms with Crippen LogP contribution in [0.3, 0.4) is 0 Å². The summed E-state index contributed by atoms with van der Waals surface area (Å²) < 4.78 is 18.6. The van der Waals surface area contributed by atoms with E-state index in [2.05, 4.69) is 30.5 Å². The zero-order valence-electron chi connectivity index (χ0n) is 21.9. The van der Waals surface area contributed by atoms with Gasteiger partial charge in [0.25, 0.3) is 0 Å². The van der Waals surface area contributed by atoms with Crippen LogP contribution in [0.5, 0.6) is 17.2 Å². The zero-order valence-corrected chi connectivity index (χ0v) is 22.7. The van der Waals surface area contributed by atoms with Gasteiger partial charge in [-0.05, 0) is 23.6 Å². The van der Waals surface area contributed by atoms with Gasteiger partial charge in [0.2, 0.25) is 11.7 Å². The Morgan fingerprint density at radius 2 is 1.64 bits per heavy atom. The first-order chi connectivity index (χ1) is 19.2. The average molecular weight is 545 g/mol. The number of imidazole rings is 1. The average Bonchev–Trinajstić information content (AvgIpc) is 3.67. The van der Waals surface area contributed by atoms with E-state index in [4.69, 9.17) is 24.2 Å². The molecule has 0 amide bonds. The molecular formula is C27H28N8O3S. The molecule has 0 bridgehead atoms. The van der Waals surface area contributed by atoms with E-state index in [1.165, 1.54) is 0 Å². The van der Waals surface area contributed by atoms with Crippen molar-refractivity contribution in [1.82, 2.24) is 24.5 Å². The maximum Gasteiger partial charge on any atom is 0.229 e. The molecule has 6 rings (SSSR count). The van der Waals surface area contributed by atoms with Gasteiger partial charge in [0.15, 0.2) is 28.5 Å². The number of aromatic nitrogens is 5. The number of ether oxygens (including phenoxy) is 3. The van der Waals surface area contributed by atoms with Crippen molar-refractivity contribution in [2.24, 2.45) is 0 Å². The molecule has 4 aromatic heterocycles. The lowest BCUT2D eigenvalue weighted by atomic mass is 10.2. The first kappa shape index (κ1) is 24.7. The second-order valence-corrected chi connectivity index (χ2v) is 9.62. The minimum Gasteiger partial charge on any atom is -0.493 e. The largest absolute Gasteiger partial charge is 0.493 e. The molecule has 1 aliphatic rings. The maximum atomic E-state index is 5.55. The topological polar surface area (TPSA) is 103 Å². The van der Waals surface area contributed by atoms with E-state index in [1.807, 2.05) is 52.5 Å². The van der Waals surface area contributed by atoms with E-state index in [0.29, 0.717) is 34.5 Å². The third kappa shape index (κ3) is 4.74. The normalized spacial score (nSPS) is 13.5. The summed E-state index contributed by atoms with van der Waals surface area (Å²) in [4.78, 5) is 23.6. The van der Waals surface area contributed by atoms with E-state index in [9.17, 15) is 0 Å². The highest BCUT2D eigenvalue weighted by Gasteiger charge is 2.23. The number of piperazine rings is 1. The fourth-order valence-electron chi connectivity index (χ4n) is 4.67. The molecule has 1 saturated heterocycles. The van der Waals surface area contributed by atoms with Crippen molar-refractivity contribution in [1.29, 1.82) is 0 Å². The molecule has 1 fully saturated rings. The molecule has 0 radical (unpaired) electrons. The van der Waals surface area contributed by atoms with Crippen molar-refractivity contribution in [3.63, 3.8) is 0 Å².